The number of unbranched alkanes of at least 4 members (excludes halogenated alkanes) is 11. The zero-order valence-corrected chi connectivity index (χ0v) is 18.6. The Hall–Kier alpha value is -1.84. The molecule has 1 N–H and O–H groups in total. The largest absolute Gasteiger partial charge is 0.462 e. The molecule has 29 heavy (non-hydrogen) atoms. The van der Waals surface area contributed by atoms with Gasteiger partial charge in [-0.2, -0.15) is 0 Å². The van der Waals surface area contributed by atoms with Crippen molar-refractivity contribution in [3.63, 3.8) is 0 Å². The van der Waals surface area contributed by atoms with Crippen molar-refractivity contribution in [3.8, 4) is 0 Å². The fourth-order valence-corrected chi connectivity index (χ4v) is 3.32. The Kier molecular flexibility index (Phi) is 14.8. The van der Waals surface area contributed by atoms with Crippen LogP contribution in [0.3, 0.4) is 0 Å². The second-order valence-electron chi connectivity index (χ2n) is 7.87. The summed E-state index contributed by atoms with van der Waals surface area (Å²) < 4.78 is 5.27. The highest BCUT2D eigenvalue weighted by molar-refractivity contribution is 6.01. The molecule has 0 fully saturated rings. The van der Waals surface area contributed by atoms with E-state index < -0.39 is 0 Å². The molecule has 0 atom stereocenters. The molecule has 0 saturated heterocycles. The highest BCUT2D eigenvalue weighted by Crippen LogP contribution is 2.18. The molecule has 0 heterocycles. The maximum Gasteiger partial charge on any atom is 0.340 e. The SMILES string of the molecule is CCCCCCCCCCCCCC(=O)Nc1ccccc1C(=O)OCCCC. The normalized spacial score (nSPS) is 10.7. The Morgan fingerprint density at radius 1 is 0.759 bits per heavy atom. The lowest BCUT2D eigenvalue weighted by Crippen LogP contribution is -2.15. The van der Waals surface area contributed by atoms with Gasteiger partial charge in [0.1, 0.15) is 0 Å². The third kappa shape index (κ3) is 12.4. The van der Waals surface area contributed by atoms with E-state index in [1.807, 2.05) is 6.07 Å². The van der Waals surface area contributed by atoms with Crippen LogP contribution in [0, 0.1) is 0 Å². The fourth-order valence-electron chi connectivity index (χ4n) is 3.32. The van der Waals surface area contributed by atoms with Crippen LogP contribution in [-0.2, 0) is 9.53 Å². The van der Waals surface area contributed by atoms with Crippen LogP contribution < -0.4 is 5.32 Å². The molecular weight excluding hydrogens is 362 g/mol. The topological polar surface area (TPSA) is 55.4 Å². The van der Waals surface area contributed by atoms with Crippen LogP contribution >= 0.6 is 0 Å². The maximum absolute atomic E-state index is 12.2. The predicted octanol–water partition coefficient (Wildman–Crippen LogP) is 7.28. The molecule has 1 aromatic rings. The molecule has 0 radical (unpaired) electrons. The van der Waals surface area contributed by atoms with Crippen LogP contribution in [-0.4, -0.2) is 18.5 Å². The highest BCUT2D eigenvalue weighted by Gasteiger charge is 2.14. The minimum Gasteiger partial charge on any atom is -0.462 e. The van der Waals surface area contributed by atoms with Gasteiger partial charge in [-0.15, -0.1) is 0 Å². The Labute approximate surface area is 177 Å². The molecule has 0 aromatic heterocycles. The van der Waals surface area contributed by atoms with E-state index in [2.05, 4.69) is 19.2 Å². The van der Waals surface area contributed by atoms with Gasteiger partial charge in [-0.05, 0) is 25.0 Å². The summed E-state index contributed by atoms with van der Waals surface area (Å²) in [7, 11) is 0. The molecular formula is C25H41NO3. The molecule has 0 bridgehead atoms. The van der Waals surface area contributed by atoms with E-state index in [0.717, 1.165) is 25.7 Å². The third-order valence-corrected chi connectivity index (χ3v) is 5.16. The zero-order chi connectivity index (χ0) is 21.2. The molecule has 164 valence electrons. The Morgan fingerprint density at radius 3 is 1.93 bits per heavy atom. The predicted molar refractivity (Wildman–Crippen MR) is 121 cm³/mol. The van der Waals surface area contributed by atoms with Gasteiger partial charge in [0, 0.05) is 6.42 Å². The number of esters is 1. The standard InChI is InChI=1S/C25H41NO3/c1-3-5-7-8-9-10-11-12-13-14-15-20-24(27)26-23-19-17-16-18-22(23)25(28)29-21-6-4-2/h16-19H,3-15,20-21H2,1-2H3,(H,26,27). The lowest BCUT2D eigenvalue weighted by molar-refractivity contribution is -0.116. The average molecular weight is 404 g/mol. The molecule has 4 heteroatoms. The molecule has 1 rings (SSSR count). The van der Waals surface area contributed by atoms with Crippen LogP contribution in [0.2, 0.25) is 0 Å². The zero-order valence-electron chi connectivity index (χ0n) is 18.6. The molecule has 0 saturated carbocycles. The van der Waals surface area contributed by atoms with E-state index in [1.165, 1.54) is 57.8 Å². The van der Waals surface area contributed by atoms with E-state index in [0.29, 0.717) is 24.3 Å². The van der Waals surface area contributed by atoms with Crippen LogP contribution in [0.5, 0.6) is 0 Å². The van der Waals surface area contributed by atoms with Gasteiger partial charge in [-0.25, -0.2) is 4.79 Å². The van der Waals surface area contributed by atoms with Gasteiger partial charge in [0.15, 0.2) is 0 Å². The second kappa shape index (κ2) is 17.1. The van der Waals surface area contributed by atoms with Gasteiger partial charge in [0.05, 0.1) is 17.9 Å². The minimum atomic E-state index is -0.371. The summed E-state index contributed by atoms with van der Waals surface area (Å²) >= 11 is 0. The number of hydrogen-bond donors (Lipinski definition) is 1. The first-order valence-corrected chi connectivity index (χ1v) is 11.7. The van der Waals surface area contributed by atoms with Crippen molar-refractivity contribution in [3.05, 3.63) is 29.8 Å². The molecule has 4 nitrogen and oxygen atoms in total. The lowest BCUT2D eigenvalue weighted by atomic mass is 10.1. The lowest BCUT2D eigenvalue weighted by Gasteiger charge is -2.11. The van der Waals surface area contributed by atoms with Crippen molar-refractivity contribution in [2.24, 2.45) is 0 Å². The fraction of sp³-hybridized carbons (Fsp3) is 0.680. The van der Waals surface area contributed by atoms with Crippen molar-refractivity contribution in [2.45, 2.75) is 104 Å². The minimum absolute atomic E-state index is 0.0327. The number of rotatable bonds is 17. The summed E-state index contributed by atoms with van der Waals surface area (Å²) in [6.07, 6.45) is 16.2. The van der Waals surface area contributed by atoms with Crippen LogP contribution in [0.1, 0.15) is 114 Å². The molecule has 1 aromatic carbocycles. The quantitative estimate of drug-likeness (QED) is 0.219. The molecule has 1 amide bonds. The van der Waals surface area contributed by atoms with Gasteiger partial charge >= 0.3 is 5.97 Å². The molecule has 0 aliphatic rings. The molecule has 0 unspecified atom stereocenters. The van der Waals surface area contributed by atoms with Gasteiger partial charge in [-0.3, -0.25) is 4.79 Å². The summed E-state index contributed by atoms with van der Waals surface area (Å²) in [6, 6.07) is 7.07. The van der Waals surface area contributed by atoms with Crippen LogP contribution in [0.25, 0.3) is 0 Å². The van der Waals surface area contributed by atoms with Gasteiger partial charge in [-0.1, -0.05) is 96.6 Å². The number of amides is 1. The van der Waals surface area contributed by atoms with Crippen molar-refractivity contribution in [1.29, 1.82) is 0 Å². The summed E-state index contributed by atoms with van der Waals surface area (Å²) in [4.78, 5) is 24.5. The molecule has 0 aliphatic heterocycles. The number of anilines is 1. The average Bonchev–Trinajstić information content (AvgIpc) is 2.72. The highest BCUT2D eigenvalue weighted by atomic mass is 16.5. The number of benzene rings is 1. The number of para-hydroxylation sites is 1. The summed E-state index contributed by atoms with van der Waals surface area (Å²) in [6.45, 7) is 4.72. The van der Waals surface area contributed by atoms with E-state index in [-0.39, 0.29) is 11.9 Å². The van der Waals surface area contributed by atoms with E-state index in [1.54, 1.807) is 18.2 Å². The van der Waals surface area contributed by atoms with E-state index >= 15 is 0 Å². The first kappa shape index (κ1) is 25.2. The van der Waals surface area contributed by atoms with Gasteiger partial charge in [0.2, 0.25) is 5.91 Å². The maximum atomic E-state index is 12.2. The smallest absolute Gasteiger partial charge is 0.340 e. The van der Waals surface area contributed by atoms with Crippen molar-refractivity contribution in [1.82, 2.24) is 0 Å². The third-order valence-electron chi connectivity index (χ3n) is 5.16. The number of hydrogen-bond acceptors (Lipinski definition) is 3. The molecule has 0 spiro atoms. The van der Waals surface area contributed by atoms with E-state index in [9.17, 15) is 9.59 Å². The summed E-state index contributed by atoms with van der Waals surface area (Å²) in [5.74, 6) is -0.404. The Balaban J connectivity index is 2.18. The van der Waals surface area contributed by atoms with E-state index in [4.69, 9.17) is 4.74 Å². The first-order valence-electron chi connectivity index (χ1n) is 11.7. The number of carbonyl (C=O) groups excluding carboxylic acids is 2. The van der Waals surface area contributed by atoms with Crippen molar-refractivity contribution < 1.29 is 14.3 Å². The monoisotopic (exact) mass is 403 g/mol. The first-order chi connectivity index (χ1) is 14.2. The van der Waals surface area contributed by atoms with Crippen LogP contribution in [0.15, 0.2) is 24.3 Å². The summed E-state index contributed by atoms with van der Waals surface area (Å²) in [5, 5.41) is 2.88. The van der Waals surface area contributed by atoms with Crippen molar-refractivity contribution in [2.75, 3.05) is 11.9 Å². The van der Waals surface area contributed by atoms with Crippen LogP contribution in [0.4, 0.5) is 5.69 Å². The summed E-state index contributed by atoms with van der Waals surface area (Å²) in [5.41, 5.74) is 0.970. The number of carbonyl (C=O) groups is 2. The van der Waals surface area contributed by atoms with Crippen molar-refractivity contribution >= 4 is 17.6 Å². The number of ether oxygens (including phenoxy) is 1. The Bertz CT molecular complexity index is 571. The molecule has 0 aliphatic carbocycles. The second-order valence-corrected chi connectivity index (χ2v) is 7.87. The Morgan fingerprint density at radius 2 is 1.31 bits per heavy atom. The number of nitrogens with one attached hydrogen (secondary N) is 1. The van der Waals surface area contributed by atoms with Gasteiger partial charge < -0.3 is 10.1 Å². The van der Waals surface area contributed by atoms with Gasteiger partial charge in [0.25, 0.3) is 0 Å².